The molecule has 1 saturated carbocycles. The summed E-state index contributed by atoms with van der Waals surface area (Å²) in [6.07, 6.45) is 4.92. The molecule has 3 N–H and O–H groups in total. The minimum atomic E-state index is 0. The zero-order chi connectivity index (χ0) is 19.6. The summed E-state index contributed by atoms with van der Waals surface area (Å²) in [6, 6.07) is 8.10. The van der Waals surface area contributed by atoms with Gasteiger partial charge in [-0.05, 0) is 43.4 Å². The van der Waals surface area contributed by atoms with Crippen LogP contribution in [0.3, 0.4) is 0 Å². The van der Waals surface area contributed by atoms with E-state index in [1.807, 2.05) is 24.3 Å². The summed E-state index contributed by atoms with van der Waals surface area (Å²) in [5.74, 6) is 1.02. The maximum atomic E-state index is 12.3. The Balaban J connectivity index is 0.00000240. The van der Waals surface area contributed by atoms with E-state index in [4.69, 9.17) is 0 Å². The van der Waals surface area contributed by atoms with Crippen LogP contribution in [0.25, 0.3) is 0 Å². The van der Waals surface area contributed by atoms with Gasteiger partial charge in [-0.15, -0.1) is 24.0 Å². The number of carbonyl (C=O) groups is 2. The monoisotopic (exact) mass is 511 g/mol. The molecule has 0 bridgehead atoms. The van der Waals surface area contributed by atoms with Crippen molar-refractivity contribution in [1.29, 1.82) is 0 Å². The molecule has 2 aliphatic heterocycles. The molecule has 29 heavy (non-hydrogen) atoms. The number of halogens is 1. The lowest BCUT2D eigenvalue weighted by Gasteiger charge is -2.40. The van der Waals surface area contributed by atoms with Gasteiger partial charge in [0.15, 0.2) is 5.96 Å². The number of nitrogens with zero attached hydrogens (tertiary/aromatic N) is 2. The van der Waals surface area contributed by atoms with E-state index in [0.29, 0.717) is 24.6 Å². The topological polar surface area (TPSA) is 85.8 Å². The predicted octanol–water partition coefficient (Wildman–Crippen LogP) is 1.87. The molecule has 1 atom stereocenters. The Kier molecular flexibility index (Phi) is 7.02. The predicted molar refractivity (Wildman–Crippen MR) is 123 cm³/mol. The standard InChI is InChI=1S/C21H29N5O2.HI/c1-22-20(26-9-3-8-21(14-26)11-18(27)24-13-21)23-12-15-4-2-5-16(10-15)19(28)25-17-6-7-17;/h2,4-5,10,17H,3,6-9,11-14H2,1H3,(H,22,23)(H,24,27)(H,25,28);1H. The van der Waals surface area contributed by atoms with Gasteiger partial charge in [-0.2, -0.15) is 0 Å². The number of hydrogen-bond donors (Lipinski definition) is 3. The van der Waals surface area contributed by atoms with Crippen molar-refractivity contribution in [2.75, 3.05) is 26.7 Å². The molecule has 3 aliphatic rings. The first-order chi connectivity index (χ1) is 13.6. The molecular formula is C21H30IN5O2. The summed E-state index contributed by atoms with van der Waals surface area (Å²) in [5, 5.41) is 9.45. The third-order valence-corrected chi connectivity index (χ3v) is 5.92. The van der Waals surface area contributed by atoms with Crippen LogP contribution in [0.4, 0.5) is 0 Å². The number of likely N-dealkylation sites (tertiary alicyclic amines) is 1. The fraction of sp³-hybridized carbons (Fsp3) is 0.571. The first-order valence-corrected chi connectivity index (χ1v) is 10.2. The highest BCUT2D eigenvalue weighted by Gasteiger charge is 2.42. The fourth-order valence-electron chi connectivity index (χ4n) is 4.26. The van der Waals surface area contributed by atoms with Crippen LogP contribution in [-0.4, -0.2) is 55.4 Å². The SMILES string of the molecule is CN=C(NCc1cccc(C(=O)NC2CC2)c1)N1CCCC2(CNC(=O)C2)C1.I. The van der Waals surface area contributed by atoms with Crippen molar-refractivity contribution in [1.82, 2.24) is 20.9 Å². The number of benzene rings is 1. The molecule has 7 nitrogen and oxygen atoms in total. The number of piperidine rings is 1. The van der Waals surface area contributed by atoms with Crippen molar-refractivity contribution >= 4 is 41.8 Å². The van der Waals surface area contributed by atoms with Crippen LogP contribution in [0.15, 0.2) is 29.3 Å². The maximum absolute atomic E-state index is 12.3. The number of carbonyl (C=O) groups excluding carboxylic acids is 2. The second kappa shape index (κ2) is 9.32. The number of hydrogen-bond acceptors (Lipinski definition) is 3. The average Bonchev–Trinajstić information content (AvgIpc) is 3.45. The van der Waals surface area contributed by atoms with Crippen molar-refractivity contribution < 1.29 is 9.59 Å². The third kappa shape index (κ3) is 5.40. The summed E-state index contributed by atoms with van der Waals surface area (Å²) in [4.78, 5) is 30.7. The minimum Gasteiger partial charge on any atom is -0.355 e. The highest BCUT2D eigenvalue weighted by atomic mass is 127. The van der Waals surface area contributed by atoms with E-state index in [0.717, 1.165) is 56.8 Å². The molecule has 2 heterocycles. The first-order valence-electron chi connectivity index (χ1n) is 10.2. The molecule has 0 radical (unpaired) electrons. The highest BCUT2D eigenvalue weighted by molar-refractivity contribution is 14.0. The Labute approximate surface area is 189 Å². The molecule has 2 amide bonds. The molecule has 1 unspecified atom stereocenters. The van der Waals surface area contributed by atoms with Crippen molar-refractivity contribution in [3.05, 3.63) is 35.4 Å². The molecule has 8 heteroatoms. The van der Waals surface area contributed by atoms with Crippen LogP contribution < -0.4 is 16.0 Å². The quantitative estimate of drug-likeness (QED) is 0.328. The van der Waals surface area contributed by atoms with Crippen molar-refractivity contribution in [3.63, 3.8) is 0 Å². The van der Waals surface area contributed by atoms with E-state index in [9.17, 15) is 9.59 Å². The van der Waals surface area contributed by atoms with Crippen LogP contribution >= 0.6 is 24.0 Å². The van der Waals surface area contributed by atoms with E-state index < -0.39 is 0 Å². The fourth-order valence-corrected chi connectivity index (χ4v) is 4.26. The van der Waals surface area contributed by atoms with E-state index in [2.05, 4.69) is 25.8 Å². The lowest BCUT2D eigenvalue weighted by atomic mass is 9.79. The molecule has 2 saturated heterocycles. The number of guanidine groups is 1. The lowest BCUT2D eigenvalue weighted by Crippen LogP contribution is -2.51. The second-order valence-corrected chi connectivity index (χ2v) is 8.33. The van der Waals surface area contributed by atoms with Gasteiger partial charge < -0.3 is 20.9 Å². The number of aliphatic imine (C=N–C) groups is 1. The van der Waals surface area contributed by atoms with Gasteiger partial charge in [0.2, 0.25) is 5.91 Å². The third-order valence-electron chi connectivity index (χ3n) is 5.92. The molecule has 3 fully saturated rings. The summed E-state index contributed by atoms with van der Waals surface area (Å²) in [7, 11) is 1.79. The largest absolute Gasteiger partial charge is 0.355 e. The summed E-state index contributed by atoms with van der Waals surface area (Å²) >= 11 is 0. The van der Waals surface area contributed by atoms with E-state index in [1.165, 1.54) is 0 Å². The van der Waals surface area contributed by atoms with Gasteiger partial charge in [-0.1, -0.05) is 12.1 Å². The minimum absolute atomic E-state index is 0. The Morgan fingerprint density at radius 3 is 2.90 bits per heavy atom. The highest BCUT2D eigenvalue weighted by Crippen LogP contribution is 2.36. The summed E-state index contributed by atoms with van der Waals surface area (Å²) < 4.78 is 0. The number of nitrogens with one attached hydrogen (secondary N) is 3. The maximum Gasteiger partial charge on any atom is 0.251 e. The number of rotatable bonds is 4. The smallest absolute Gasteiger partial charge is 0.251 e. The first kappa shape index (κ1) is 21.9. The van der Waals surface area contributed by atoms with Crippen LogP contribution in [0.5, 0.6) is 0 Å². The molecule has 1 aliphatic carbocycles. The molecule has 1 spiro atoms. The second-order valence-electron chi connectivity index (χ2n) is 8.33. The molecule has 1 aromatic carbocycles. The Morgan fingerprint density at radius 2 is 2.21 bits per heavy atom. The van der Waals surface area contributed by atoms with Gasteiger partial charge in [0.1, 0.15) is 0 Å². The molecule has 4 rings (SSSR count). The van der Waals surface area contributed by atoms with Crippen molar-refractivity contribution in [2.24, 2.45) is 10.4 Å². The molecule has 1 aromatic rings. The van der Waals surface area contributed by atoms with Gasteiger partial charge in [0, 0.05) is 56.7 Å². The van der Waals surface area contributed by atoms with Crippen molar-refractivity contribution in [2.45, 2.75) is 44.7 Å². The van der Waals surface area contributed by atoms with Gasteiger partial charge in [0.25, 0.3) is 5.91 Å². The van der Waals surface area contributed by atoms with E-state index in [1.54, 1.807) is 7.05 Å². The van der Waals surface area contributed by atoms with Crippen LogP contribution in [-0.2, 0) is 11.3 Å². The summed E-state index contributed by atoms with van der Waals surface area (Å²) in [5.41, 5.74) is 1.79. The molecule has 0 aromatic heterocycles. The Hall–Kier alpha value is -1.84. The molecular weight excluding hydrogens is 481 g/mol. The van der Waals surface area contributed by atoms with E-state index >= 15 is 0 Å². The zero-order valence-corrected chi connectivity index (χ0v) is 19.2. The van der Waals surface area contributed by atoms with E-state index in [-0.39, 0.29) is 41.2 Å². The van der Waals surface area contributed by atoms with Crippen LogP contribution in [0.1, 0.15) is 48.0 Å². The van der Waals surface area contributed by atoms with Gasteiger partial charge in [-0.25, -0.2) is 0 Å². The van der Waals surface area contributed by atoms with Gasteiger partial charge >= 0.3 is 0 Å². The van der Waals surface area contributed by atoms with Crippen molar-refractivity contribution in [3.8, 4) is 0 Å². The average molecular weight is 511 g/mol. The normalized spacial score (nSPS) is 24.1. The summed E-state index contributed by atoms with van der Waals surface area (Å²) in [6.45, 7) is 3.16. The van der Waals surface area contributed by atoms with Crippen LogP contribution in [0, 0.1) is 5.41 Å². The van der Waals surface area contributed by atoms with Gasteiger partial charge in [-0.3, -0.25) is 14.6 Å². The Morgan fingerprint density at radius 1 is 1.38 bits per heavy atom. The molecule has 158 valence electrons. The number of amides is 2. The zero-order valence-electron chi connectivity index (χ0n) is 16.9. The van der Waals surface area contributed by atoms with Crippen LogP contribution in [0.2, 0.25) is 0 Å². The van der Waals surface area contributed by atoms with Gasteiger partial charge in [0.05, 0.1) is 0 Å². The Bertz CT molecular complexity index is 795. The lowest BCUT2D eigenvalue weighted by molar-refractivity contribution is -0.119.